The van der Waals surface area contributed by atoms with Crippen LogP contribution in [0.1, 0.15) is 211 Å². The first-order chi connectivity index (χ1) is 44.0. The van der Waals surface area contributed by atoms with Gasteiger partial charge in [-0.3, -0.25) is 43.2 Å². The molecule has 0 aromatic heterocycles. The van der Waals surface area contributed by atoms with Gasteiger partial charge in [-0.1, -0.05) is 53.6 Å². The third-order valence-corrected chi connectivity index (χ3v) is 20.0. The fourth-order valence-corrected chi connectivity index (χ4v) is 12.8. The summed E-state index contributed by atoms with van der Waals surface area (Å²) in [7, 11) is 3.45. The van der Waals surface area contributed by atoms with E-state index >= 15 is 0 Å². The van der Waals surface area contributed by atoms with Crippen LogP contribution in [-0.4, -0.2) is 236 Å². The van der Waals surface area contributed by atoms with Gasteiger partial charge >= 0.3 is 5.97 Å². The molecule has 8 aliphatic rings. The molecule has 8 saturated heterocycles. The number of nitrogens with zero attached hydrogens (tertiary/aromatic N) is 11. The highest BCUT2D eigenvalue weighted by molar-refractivity contribution is 5.90. The van der Waals surface area contributed by atoms with Gasteiger partial charge in [0.05, 0.1) is 17.9 Å². The summed E-state index contributed by atoms with van der Waals surface area (Å²) in [5.41, 5.74) is 8.30. The van der Waals surface area contributed by atoms with Gasteiger partial charge in [0, 0.05) is 164 Å². The molecule has 0 spiro atoms. The third kappa shape index (κ3) is 29.7. The molecule has 23 heteroatoms. The molecule has 0 aromatic rings. The molecule has 8 fully saturated rings. The van der Waals surface area contributed by atoms with Crippen molar-refractivity contribution < 1.29 is 53.4 Å². The number of ketones is 1. The van der Waals surface area contributed by atoms with Crippen LogP contribution < -0.4 is 5.32 Å². The molecule has 3 N–H and O–H groups in total. The van der Waals surface area contributed by atoms with Gasteiger partial charge in [-0.25, -0.2) is 0 Å². The molecule has 10 atom stereocenters. The van der Waals surface area contributed by atoms with Crippen LogP contribution in [0.25, 0.3) is 10.4 Å². The summed E-state index contributed by atoms with van der Waals surface area (Å²) < 4.78 is 0. The number of aliphatic carboxylic acids is 1. The van der Waals surface area contributed by atoms with E-state index in [1.807, 2.05) is 90.9 Å². The normalized spacial score (nSPS) is 24.9. The average molecular weight is 1340 g/mol. The number of aliphatic hydroxyl groups excluding tert-OH is 1. The average Bonchev–Trinajstić information content (AvgIpc) is 1.88. The summed E-state index contributed by atoms with van der Waals surface area (Å²) in [6.45, 7) is 56.4. The first kappa shape index (κ1) is 87.6. The Morgan fingerprint density at radius 3 is 1.06 bits per heavy atom. The van der Waals surface area contributed by atoms with Crippen molar-refractivity contribution in [3.05, 3.63) is 10.4 Å². The molecule has 0 radical (unpaired) electrons. The first-order valence-corrected chi connectivity index (χ1v) is 35.9. The molecule has 7 amide bonds. The number of likely N-dealkylation sites (tertiary alicyclic amines) is 7. The predicted molar refractivity (Wildman–Crippen MR) is 377 cm³/mol. The fourth-order valence-electron chi connectivity index (χ4n) is 12.8. The monoisotopic (exact) mass is 1340 g/mol. The van der Waals surface area contributed by atoms with E-state index in [4.69, 9.17) is 10.6 Å². The second-order valence-electron chi connectivity index (χ2n) is 30.9. The van der Waals surface area contributed by atoms with Gasteiger partial charge < -0.3 is 54.7 Å². The summed E-state index contributed by atoms with van der Waals surface area (Å²) in [6, 6.07) is 2.07. The van der Waals surface area contributed by atoms with Crippen LogP contribution in [0, 0.1) is 65.1 Å². The smallest absolute Gasteiger partial charge is 0.308 e. The third-order valence-electron chi connectivity index (χ3n) is 20.0. The minimum absolute atomic E-state index is 0.0441. The van der Waals surface area contributed by atoms with E-state index in [1.165, 1.54) is 39.0 Å². The van der Waals surface area contributed by atoms with E-state index < -0.39 is 11.9 Å². The number of carbonyl (C=O) groups is 9. The van der Waals surface area contributed by atoms with Crippen LogP contribution in [-0.2, 0) is 43.2 Å². The van der Waals surface area contributed by atoms with E-state index in [0.29, 0.717) is 75.6 Å². The van der Waals surface area contributed by atoms with Crippen molar-refractivity contribution in [2.24, 2.45) is 70.2 Å². The highest BCUT2D eigenvalue weighted by Crippen LogP contribution is 2.29. The van der Waals surface area contributed by atoms with Crippen molar-refractivity contribution in [1.82, 2.24) is 44.5 Å². The molecule has 95 heavy (non-hydrogen) atoms. The number of Topliss-reactive ketones (excluding diaryl/α,β-unsaturated/α-hetero) is 1. The predicted octanol–water partition coefficient (Wildman–Crippen LogP) is 9.58. The minimum atomic E-state index is -0.869. The van der Waals surface area contributed by atoms with Crippen molar-refractivity contribution in [3.63, 3.8) is 0 Å². The highest BCUT2D eigenvalue weighted by Gasteiger charge is 2.39. The lowest BCUT2D eigenvalue weighted by molar-refractivity contribution is -0.141. The van der Waals surface area contributed by atoms with Gasteiger partial charge in [0.2, 0.25) is 41.4 Å². The largest absolute Gasteiger partial charge is 0.481 e. The number of azide groups is 1. The van der Waals surface area contributed by atoms with E-state index in [9.17, 15) is 48.3 Å². The van der Waals surface area contributed by atoms with Crippen LogP contribution in [0.15, 0.2) is 5.11 Å². The number of hydrogen-bond donors (Lipinski definition) is 3. The zero-order chi connectivity index (χ0) is 73.2. The molecule has 23 nitrogen and oxygen atoms in total. The first-order valence-electron chi connectivity index (χ1n) is 35.9. The van der Waals surface area contributed by atoms with Gasteiger partial charge in [-0.15, -0.1) is 0 Å². The van der Waals surface area contributed by atoms with Crippen molar-refractivity contribution in [2.75, 3.05) is 79.5 Å². The standard InChI is InChI=1S/C10H18N2O2.C10H19NO.C10H21N.C9H16N4O.C9H17NO2.C9H15NO2.C8H13NO3.C7H15N/c1-7(2)12-6-8(5-9(12)13)10(14)11(3)4;1-7(2)9-5-10(12)11(6-9)8(3)4;1-8(2)10-5-6-11(7-10)9(3)4;1-6(2)13-5-8(4-9(13)14)7(3)11-12-10;2*1-6(2)10-5-8(7(3)11)4-9(10)12;1-5(2)9-4-6(8(11)12)3-7(9)10;1-6(2)7-3-4-8-5-7/h7-8H,5-6H2,1-4H3;7-9H,5-6H2,1-4H3;8-10H,5-7H2,1-4H3;6-8H,4-5H2,1-3H3;6-8,11H,4-5H2,1-3H3;6,8H,4-5H2,1-3H3;5-6H,3-4H2,1-2H3,(H,11,12);6-8H,3-5H2,1-2H3/t8-;9-;10-;2*7?,8-;8-;6-;7-/m11111111/s1. The second-order valence-corrected chi connectivity index (χ2v) is 30.9. The lowest BCUT2D eigenvalue weighted by Gasteiger charge is -2.21. The summed E-state index contributed by atoms with van der Waals surface area (Å²) in [5, 5.41) is 24.9. The molecule has 2 unspecified atom stereocenters. The van der Waals surface area contributed by atoms with Crippen molar-refractivity contribution in [1.29, 1.82) is 0 Å². The van der Waals surface area contributed by atoms with Crippen molar-refractivity contribution in [3.8, 4) is 0 Å². The Kier molecular flexibility index (Phi) is 39.1. The van der Waals surface area contributed by atoms with Crippen LogP contribution >= 0.6 is 0 Å². The molecule has 0 aliphatic carbocycles. The zero-order valence-corrected chi connectivity index (χ0v) is 63.8. The van der Waals surface area contributed by atoms with Crippen molar-refractivity contribution >= 4 is 53.1 Å². The molecule has 0 bridgehead atoms. The molecule has 0 saturated carbocycles. The molecular weight excluding hydrogens is 1210 g/mol. The van der Waals surface area contributed by atoms with Gasteiger partial charge in [-0.05, 0) is 190 Å². The summed E-state index contributed by atoms with van der Waals surface area (Å²) in [5.74, 6) is 4.68. The van der Waals surface area contributed by atoms with Crippen LogP contribution in [0.4, 0.5) is 0 Å². The SMILES string of the molecule is CC(=O)[C@@H]1CC(=O)N(C(C)C)C1.CC(C)N1C[C@H](C(=O)N(C)C)CC1=O.CC(C)N1C[C@H](C(=O)O)CC1=O.CC(C)[C@@H]1CC(=O)N(C(C)C)C1.CC(C)[C@@H]1CCN(C(C)C)C1.CC(C)[C@@H]1CCNC1.CC(N=[N+]=[N-])[C@@H]1CC(=O)N(C(C)C)C1.CC(O)[C@@H]1CC(=O)N(C(C)C)C1. The van der Waals surface area contributed by atoms with Gasteiger partial charge in [-0.2, -0.15) is 0 Å². The van der Waals surface area contributed by atoms with Gasteiger partial charge in [0.1, 0.15) is 5.78 Å². The number of carboxylic acid groups (broad SMARTS) is 1. The van der Waals surface area contributed by atoms with E-state index in [2.05, 4.69) is 89.5 Å². The maximum Gasteiger partial charge on any atom is 0.308 e. The number of hydrogen-bond acceptors (Lipinski definition) is 13. The minimum Gasteiger partial charge on any atom is -0.481 e. The molecule has 8 rings (SSSR count). The highest BCUT2D eigenvalue weighted by atomic mass is 16.4. The van der Waals surface area contributed by atoms with Crippen LogP contribution in [0.3, 0.4) is 0 Å². The van der Waals surface area contributed by atoms with E-state index in [0.717, 1.165) is 49.2 Å². The Labute approximate surface area is 573 Å². The summed E-state index contributed by atoms with van der Waals surface area (Å²) in [4.78, 5) is 119. The Morgan fingerprint density at radius 1 is 0.463 bits per heavy atom. The summed E-state index contributed by atoms with van der Waals surface area (Å²) in [6.07, 6.45) is 5.16. The number of carbonyl (C=O) groups excluding carboxylic acids is 8. The van der Waals surface area contributed by atoms with E-state index in [1.54, 1.807) is 47.5 Å². The van der Waals surface area contributed by atoms with Crippen LogP contribution in [0.2, 0.25) is 0 Å². The van der Waals surface area contributed by atoms with Crippen molar-refractivity contribution in [2.45, 2.75) is 265 Å². The number of carboxylic acids is 1. The number of amides is 7. The number of rotatable bonds is 16. The Balaban J connectivity index is 0.000000545. The molecular formula is C72H134N12O11. The Morgan fingerprint density at radius 2 is 0.811 bits per heavy atom. The molecule has 548 valence electrons. The lowest BCUT2D eigenvalue weighted by atomic mass is 9.95. The zero-order valence-electron chi connectivity index (χ0n) is 63.8. The molecule has 8 heterocycles. The molecule has 8 aliphatic heterocycles. The quantitative estimate of drug-likeness (QED) is 0.0738. The van der Waals surface area contributed by atoms with Gasteiger partial charge in [0.25, 0.3) is 0 Å². The lowest BCUT2D eigenvalue weighted by Crippen LogP contribution is -2.35. The summed E-state index contributed by atoms with van der Waals surface area (Å²) >= 11 is 0. The molecule has 0 aromatic carbocycles. The number of nitrogens with one attached hydrogen (secondary N) is 1. The van der Waals surface area contributed by atoms with E-state index in [-0.39, 0.29) is 114 Å². The Bertz CT molecular complexity index is 2350. The van der Waals surface area contributed by atoms with Crippen LogP contribution in [0.5, 0.6) is 0 Å². The maximum atomic E-state index is 11.6. The second kappa shape index (κ2) is 42.4. The fraction of sp³-hybridized carbons (Fsp3) is 0.875. The Hall–Kier alpha value is -5.38. The van der Waals surface area contributed by atoms with Gasteiger partial charge in [0.15, 0.2) is 0 Å². The topological polar surface area (TPSA) is 281 Å². The maximum absolute atomic E-state index is 11.6. The number of aliphatic hydroxyl groups is 1.